The van der Waals surface area contributed by atoms with Crippen LogP contribution in [0.1, 0.15) is 24.5 Å². The first-order valence-electron chi connectivity index (χ1n) is 8.09. The van der Waals surface area contributed by atoms with E-state index in [-0.39, 0.29) is 12.2 Å². The third-order valence-electron chi connectivity index (χ3n) is 4.06. The average Bonchev–Trinajstić information content (AvgIpc) is 2.55. The van der Waals surface area contributed by atoms with Crippen LogP contribution in [-0.2, 0) is 16.0 Å². The van der Waals surface area contributed by atoms with Crippen molar-refractivity contribution in [1.82, 2.24) is 9.80 Å². The van der Waals surface area contributed by atoms with Crippen molar-refractivity contribution in [3.8, 4) is 0 Å². The number of Topliss-reactive ketones (excluding diaryl/α,β-unsaturated/α-hetero) is 1. The zero-order valence-corrected chi connectivity index (χ0v) is 15.0. The second-order valence-corrected chi connectivity index (χ2v) is 6.39. The van der Waals surface area contributed by atoms with Crippen LogP contribution in [0.15, 0.2) is 42.2 Å². The van der Waals surface area contributed by atoms with Crippen LogP contribution < -0.4 is 0 Å². The van der Waals surface area contributed by atoms with Gasteiger partial charge in [0.2, 0.25) is 6.41 Å². The largest absolute Gasteiger partial charge is 0.340 e. The molecule has 1 saturated heterocycles. The summed E-state index contributed by atoms with van der Waals surface area (Å²) in [6.07, 6.45) is 3.75. The summed E-state index contributed by atoms with van der Waals surface area (Å²) >= 11 is 6.26. The highest BCUT2D eigenvalue weighted by Crippen LogP contribution is 2.23. The summed E-state index contributed by atoms with van der Waals surface area (Å²) in [6.45, 7) is 9.60. The Bertz CT molecular complexity index is 682. The summed E-state index contributed by atoms with van der Waals surface area (Å²) < 4.78 is 0. The summed E-state index contributed by atoms with van der Waals surface area (Å²) in [7, 11) is 0. The second kappa shape index (κ2) is 8.15. The molecule has 0 spiro atoms. The van der Waals surface area contributed by atoms with Gasteiger partial charge in [-0.25, -0.2) is 0 Å². The van der Waals surface area contributed by atoms with Crippen molar-refractivity contribution >= 4 is 23.8 Å². The van der Waals surface area contributed by atoms with Gasteiger partial charge < -0.3 is 9.80 Å². The summed E-state index contributed by atoms with van der Waals surface area (Å²) in [5.74, 6) is 0.0170. The molecule has 2 rings (SSSR count). The number of allylic oxidation sites excluding steroid dienone is 2. The van der Waals surface area contributed by atoms with Crippen LogP contribution in [0.2, 0.25) is 5.02 Å². The van der Waals surface area contributed by atoms with Crippen molar-refractivity contribution in [2.75, 3.05) is 19.6 Å². The minimum atomic E-state index is 0.0170. The number of ketones is 1. The Morgan fingerprint density at radius 3 is 2.71 bits per heavy atom. The number of hydrogen-bond donors (Lipinski definition) is 0. The van der Waals surface area contributed by atoms with E-state index in [9.17, 15) is 9.59 Å². The molecule has 1 aliphatic heterocycles. The SMILES string of the molecule is C=C1CN(C=O)CCN1/C(=C\CC)C(=O)Cc1ccc(C)cc1Cl. The van der Waals surface area contributed by atoms with Gasteiger partial charge in [0.25, 0.3) is 0 Å². The Labute approximate surface area is 148 Å². The van der Waals surface area contributed by atoms with E-state index in [2.05, 4.69) is 6.58 Å². The van der Waals surface area contributed by atoms with Crippen LogP contribution in [0.5, 0.6) is 0 Å². The molecule has 1 heterocycles. The van der Waals surface area contributed by atoms with Gasteiger partial charge in [-0.1, -0.05) is 43.3 Å². The molecular formula is C19H23ClN2O2. The van der Waals surface area contributed by atoms with E-state index in [0.717, 1.165) is 29.7 Å². The van der Waals surface area contributed by atoms with E-state index in [1.165, 1.54) is 0 Å². The predicted octanol–water partition coefficient (Wildman–Crippen LogP) is 3.34. The third-order valence-corrected chi connectivity index (χ3v) is 4.41. The lowest BCUT2D eigenvalue weighted by Gasteiger charge is -2.37. The normalized spacial score (nSPS) is 15.6. The zero-order chi connectivity index (χ0) is 17.7. The van der Waals surface area contributed by atoms with Gasteiger partial charge in [-0.05, 0) is 30.5 Å². The number of nitrogens with zero attached hydrogens (tertiary/aromatic N) is 2. The number of aryl methyl sites for hydroxylation is 1. The Morgan fingerprint density at radius 1 is 1.38 bits per heavy atom. The van der Waals surface area contributed by atoms with Gasteiger partial charge in [0.1, 0.15) is 0 Å². The van der Waals surface area contributed by atoms with Crippen LogP contribution >= 0.6 is 11.6 Å². The standard InChI is InChI=1S/C19H23ClN2O2/c1-4-5-18(22-9-8-21(13-23)12-15(22)3)19(24)11-16-7-6-14(2)10-17(16)20/h5-7,10,13H,3-4,8-9,11-12H2,1-2H3/b18-5-. The summed E-state index contributed by atoms with van der Waals surface area (Å²) in [6, 6.07) is 5.73. The van der Waals surface area contributed by atoms with Gasteiger partial charge in [0, 0.05) is 30.2 Å². The van der Waals surface area contributed by atoms with Gasteiger partial charge in [-0.2, -0.15) is 0 Å². The van der Waals surface area contributed by atoms with Crippen LogP contribution in [-0.4, -0.2) is 41.6 Å². The average molecular weight is 347 g/mol. The fraction of sp³-hybridized carbons (Fsp3) is 0.368. The summed E-state index contributed by atoms with van der Waals surface area (Å²) in [5.41, 5.74) is 3.30. The maximum atomic E-state index is 12.8. The molecule has 1 aromatic carbocycles. The van der Waals surface area contributed by atoms with Crippen LogP contribution in [0.25, 0.3) is 0 Å². The molecule has 0 atom stereocenters. The molecule has 0 radical (unpaired) electrons. The number of rotatable bonds is 6. The lowest BCUT2D eigenvalue weighted by Crippen LogP contribution is -2.44. The first-order chi connectivity index (χ1) is 11.5. The number of amides is 1. The van der Waals surface area contributed by atoms with Gasteiger partial charge in [0.15, 0.2) is 5.78 Å². The maximum Gasteiger partial charge on any atom is 0.210 e. The fourth-order valence-electron chi connectivity index (χ4n) is 2.79. The van der Waals surface area contributed by atoms with Crippen molar-refractivity contribution in [1.29, 1.82) is 0 Å². The van der Waals surface area contributed by atoms with Gasteiger partial charge in [-0.15, -0.1) is 0 Å². The molecule has 24 heavy (non-hydrogen) atoms. The molecule has 0 N–H and O–H groups in total. The number of halogens is 1. The Kier molecular flexibility index (Phi) is 6.21. The molecule has 0 bridgehead atoms. The van der Waals surface area contributed by atoms with E-state index >= 15 is 0 Å². The van der Waals surface area contributed by atoms with Gasteiger partial charge in [0.05, 0.1) is 12.2 Å². The smallest absolute Gasteiger partial charge is 0.210 e. The molecule has 1 aliphatic rings. The predicted molar refractivity (Wildman–Crippen MR) is 96.8 cm³/mol. The second-order valence-electron chi connectivity index (χ2n) is 5.99. The highest BCUT2D eigenvalue weighted by Gasteiger charge is 2.25. The van der Waals surface area contributed by atoms with Crippen LogP contribution in [0.3, 0.4) is 0 Å². The summed E-state index contributed by atoms with van der Waals surface area (Å²) in [5, 5.41) is 0.615. The van der Waals surface area contributed by atoms with E-state index in [0.29, 0.717) is 30.4 Å². The van der Waals surface area contributed by atoms with E-state index < -0.39 is 0 Å². The molecule has 1 aromatic rings. The monoisotopic (exact) mass is 346 g/mol. The van der Waals surface area contributed by atoms with E-state index in [1.807, 2.05) is 43.0 Å². The van der Waals surface area contributed by atoms with Crippen LogP contribution in [0, 0.1) is 6.92 Å². The first-order valence-corrected chi connectivity index (χ1v) is 8.47. The van der Waals surface area contributed by atoms with Gasteiger partial charge in [-0.3, -0.25) is 9.59 Å². The maximum absolute atomic E-state index is 12.8. The molecule has 0 saturated carbocycles. The minimum Gasteiger partial charge on any atom is -0.340 e. The van der Waals surface area contributed by atoms with Crippen molar-refractivity contribution in [3.05, 3.63) is 58.4 Å². The topological polar surface area (TPSA) is 40.6 Å². The number of benzene rings is 1. The van der Waals surface area contributed by atoms with E-state index in [4.69, 9.17) is 11.6 Å². The van der Waals surface area contributed by atoms with Crippen molar-refractivity contribution in [2.24, 2.45) is 0 Å². The third kappa shape index (κ3) is 4.26. The Morgan fingerprint density at radius 2 is 2.12 bits per heavy atom. The number of carbonyl (C=O) groups is 2. The molecule has 1 fully saturated rings. The number of piperazine rings is 1. The molecule has 0 unspecified atom stereocenters. The molecule has 0 aliphatic carbocycles. The molecule has 128 valence electrons. The van der Waals surface area contributed by atoms with Crippen LogP contribution in [0.4, 0.5) is 0 Å². The Hall–Kier alpha value is -2.07. The van der Waals surface area contributed by atoms with Gasteiger partial charge >= 0.3 is 0 Å². The first kappa shape index (κ1) is 18.3. The van der Waals surface area contributed by atoms with E-state index in [1.54, 1.807) is 4.90 Å². The minimum absolute atomic E-state index is 0.0170. The zero-order valence-electron chi connectivity index (χ0n) is 14.2. The highest BCUT2D eigenvalue weighted by molar-refractivity contribution is 6.31. The lowest BCUT2D eigenvalue weighted by atomic mass is 10.0. The lowest BCUT2D eigenvalue weighted by molar-refractivity contribution is -0.119. The number of hydrogen-bond acceptors (Lipinski definition) is 3. The Balaban J connectivity index is 2.18. The van der Waals surface area contributed by atoms with Crippen molar-refractivity contribution in [3.63, 3.8) is 0 Å². The quantitative estimate of drug-likeness (QED) is 0.586. The molecule has 0 aromatic heterocycles. The van der Waals surface area contributed by atoms with Crippen molar-refractivity contribution < 1.29 is 9.59 Å². The number of carbonyl (C=O) groups excluding carboxylic acids is 2. The highest BCUT2D eigenvalue weighted by atomic mass is 35.5. The molecular weight excluding hydrogens is 324 g/mol. The molecule has 4 nitrogen and oxygen atoms in total. The molecule has 1 amide bonds. The molecule has 5 heteroatoms. The fourth-order valence-corrected chi connectivity index (χ4v) is 3.10. The summed E-state index contributed by atoms with van der Waals surface area (Å²) in [4.78, 5) is 27.3. The van der Waals surface area contributed by atoms with Crippen molar-refractivity contribution in [2.45, 2.75) is 26.7 Å².